The first kappa shape index (κ1) is 4.16. The average molecular weight is 95.1 g/mol. The lowest BCUT2D eigenvalue weighted by Crippen LogP contribution is -2.22. The largest absolute Gasteiger partial charge is 0.614 e. The van der Waals surface area contributed by atoms with E-state index in [9.17, 15) is 5.21 Å². The summed E-state index contributed by atoms with van der Waals surface area (Å²) >= 11 is 0. The van der Waals surface area contributed by atoms with Crippen LogP contribution in [0.3, 0.4) is 0 Å². The lowest BCUT2D eigenvalue weighted by atomic mass is 10.2. The van der Waals surface area contributed by atoms with Gasteiger partial charge in [0, 0.05) is 0 Å². The predicted molar refractivity (Wildman–Crippen MR) is 27.2 cm³/mol. The second kappa shape index (κ2) is 1.24. The average Bonchev–Trinajstić information content (AvgIpc) is 1.65. The van der Waals surface area contributed by atoms with Crippen molar-refractivity contribution in [3.05, 3.63) is 23.9 Å². The van der Waals surface area contributed by atoms with Crippen LogP contribution in [0.25, 0.3) is 0 Å². The first-order valence-electron chi connectivity index (χ1n) is 2.03. The maximum absolute atomic E-state index is 10.2. The predicted octanol–water partition coefficient (Wildman–Crippen LogP) is 0.291. The summed E-state index contributed by atoms with van der Waals surface area (Å²) in [6, 6.07) is -0.111. The van der Waals surface area contributed by atoms with Gasteiger partial charge >= 0.3 is 0 Å². The minimum absolute atomic E-state index is 0.111. The highest BCUT2D eigenvalue weighted by Crippen LogP contribution is 1.95. The zero-order chi connectivity index (χ0) is 5.28. The van der Waals surface area contributed by atoms with E-state index in [-0.39, 0.29) is 6.04 Å². The van der Waals surface area contributed by atoms with Crippen molar-refractivity contribution in [2.75, 3.05) is 0 Å². The van der Waals surface area contributed by atoms with Crippen molar-refractivity contribution in [2.45, 2.75) is 6.04 Å². The van der Waals surface area contributed by atoms with Crippen LogP contribution in [0.2, 0.25) is 0 Å². The standard InChI is InChI=1S/C5H5NO/c1-2-5-3-4-6(5)7/h2-3,5H,1H2. The van der Waals surface area contributed by atoms with Gasteiger partial charge in [0.25, 0.3) is 0 Å². The van der Waals surface area contributed by atoms with Gasteiger partial charge in [0.05, 0.1) is 6.08 Å². The monoisotopic (exact) mass is 95.0 g/mol. The zero-order valence-corrected chi connectivity index (χ0v) is 3.79. The van der Waals surface area contributed by atoms with E-state index in [0.717, 1.165) is 4.74 Å². The fourth-order valence-electron chi connectivity index (χ4n) is 0.385. The Balaban J connectivity index is 2.63. The highest BCUT2D eigenvalue weighted by atomic mass is 16.5. The van der Waals surface area contributed by atoms with Gasteiger partial charge in [-0.2, -0.15) is 4.74 Å². The van der Waals surface area contributed by atoms with Crippen molar-refractivity contribution in [3.8, 4) is 0 Å². The summed E-state index contributed by atoms with van der Waals surface area (Å²) in [5.41, 5.74) is 0. The summed E-state index contributed by atoms with van der Waals surface area (Å²) < 4.78 is 0.729. The van der Waals surface area contributed by atoms with Gasteiger partial charge < -0.3 is 5.21 Å². The zero-order valence-electron chi connectivity index (χ0n) is 3.79. The Morgan fingerprint density at radius 2 is 2.71 bits per heavy atom. The molecule has 0 radical (unpaired) electrons. The summed E-state index contributed by atoms with van der Waals surface area (Å²) in [6.07, 6.45) is 3.24. The van der Waals surface area contributed by atoms with Crippen LogP contribution in [0.15, 0.2) is 18.7 Å². The summed E-state index contributed by atoms with van der Waals surface area (Å²) in [7, 11) is 0. The smallest absolute Gasteiger partial charge is 0.222 e. The van der Waals surface area contributed by atoms with Crippen molar-refractivity contribution < 1.29 is 4.74 Å². The number of nitrogens with zero attached hydrogens (tertiary/aromatic N) is 1. The molecule has 0 aliphatic carbocycles. The molecule has 1 aliphatic heterocycles. The molecule has 0 saturated carbocycles. The molecule has 1 heterocycles. The third-order valence-electron chi connectivity index (χ3n) is 0.885. The van der Waals surface area contributed by atoms with E-state index in [1.54, 1.807) is 12.2 Å². The normalized spacial score (nSPS) is 25.7. The Hall–Kier alpha value is -1.01. The molecule has 1 aliphatic rings. The summed E-state index contributed by atoms with van der Waals surface area (Å²) in [6.45, 7) is 3.42. The Morgan fingerprint density at radius 1 is 2.00 bits per heavy atom. The highest BCUT2D eigenvalue weighted by molar-refractivity contribution is 5.53. The Bertz CT molecular complexity index is 153. The topological polar surface area (TPSA) is 26.1 Å². The highest BCUT2D eigenvalue weighted by Gasteiger charge is 2.13. The lowest BCUT2D eigenvalue weighted by molar-refractivity contribution is -0.480. The van der Waals surface area contributed by atoms with Gasteiger partial charge in [-0.3, -0.25) is 0 Å². The molecule has 1 unspecified atom stereocenters. The van der Waals surface area contributed by atoms with Crippen LogP contribution < -0.4 is 0 Å². The second-order valence-corrected chi connectivity index (χ2v) is 1.35. The molecule has 0 amide bonds. The molecule has 0 fully saturated rings. The SMILES string of the molecule is C=CC1C=C=[N+]1[O-]. The molecule has 2 heteroatoms. The van der Waals surface area contributed by atoms with Crippen LogP contribution in [0, 0.1) is 5.21 Å². The van der Waals surface area contributed by atoms with Crippen molar-refractivity contribution in [2.24, 2.45) is 0 Å². The molecule has 7 heavy (non-hydrogen) atoms. The van der Waals surface area contributed by atoms with Crippen LogP contribution in [0.1, 0.15) is 0 Å². The van der Waals surface area contributed by atoms with E-state index in [1.807, 2.05) is 0 Å². The van der Waals surface area contributed by atoms with Crippen LogP contribution >= 0.6 is 0 Å². The first-order valence-corrected chi connectivity index (χ1v) is 2.03. The molecule has 0 aromatic rings. The van der Waals surface area contributed by atoms with Crippen molar-refractivity contribution in [1.29, 1.82) is 0 Å². The van der Waals surface area contributed by atoms with E-state index >= 15 is 0 Å². The third kappa shape index (κ3) is 0.447. The summed E-state index contributed by atoms with van der Waals surface area (Å²) in [5.74, 6) is 2.39. The number of hydrogen-bond donors (Lipinski definition) is 0. The minimum Gasteiger partial charge on any atom is -0.614 e. The molecule has 2 nitrogen and oxygen atoms in total. The molecule has 0 spiro atoms. The van der Waals surface area contributed by atoms with Gasteiger partial charge in [0.2, 0.25) is 6.04 Å². The van der Waals surface area contributed by atoms with Crippen LogP contribution in [0.5, 0.6) is 0 Å². The maximum atomic E-state index is 10.2. The molecule has 1 atom stereocenters. The van der Waals surface area contributed by atoms with Gasteiger partial charge in [-0.15, -0.1) is 0 Å². The third-order valence-corrected chi connectivity index (χ3v) is 0.885. The fourth-order valence-corrected chi connectivity index (χ4v) is 0.385. The van der Waals surface area contributed by atoms with E-state index in [2.05, 4.69) is 12.4 Å². The molecule has 0 aromatic heterocycles. The van der Waals surface area contributed by atoms with E-state index in [4.69, 9.17) is 0 Å². The van der Waals surface area contributed by atoms with E-state index in [0.29, 0.717) is 0 Å². The van der Waals surface area contributed by atoms with Crippen molar-refractivity contribution in [3.63, 3.8) is 0 Å². The van der Waals surface area contributed by atoms with Gasteiger partial charge in [-0.05, 0) is 6.08 Å². The quantitative estimate of drug-likeness (QED) is 0.261. The summed E-state index contributed by atoms with van der Waals surface area (Å²) in [5, 5.41) is 10.2. The van der Waals surface area contributed by atoms with E-state index in [1.165, 1.54) is 0 Å². The molecular formula is C5H5NO. The number of rotatable bonds is 1. The second-order valence-electron chi connectivity index (χ2n) is 1.35. The fraction of sp³-hybridized carbons (Fsp3) is 0.200. The van der Waals surface area contributed by atoms with Crippen LogP contribution in [0.4, 0.5) is 0 Å². The molecule has 36 valence electrons. The number of hydroxylamine groups is 1. The molecule has 0 bridgehead atoms. The molecule has 0 aromatic carbocycles. The first-order chi connectivity index (χ1) is 3.34. The van der Waals surface area contributed by atoms with Gasteiger partial charge in [0.15, 0.2) is 5.87 Å². The van der Waals surface area contributed by atoms with Crippen LogP contribution in [-0.2, 0) is 0 Å². The number of hydrogen-bond acceptors (Lipinski definition) is 1. The minimum atomic E-state index is -0.111. The van der Waals surface area contributed by atoms with E-state index < -0.39 is 0 Å². The summed E-state index contributed by atoms with van der Waals surface area (Å²) in [4.78, 5) is 0. The molecular weight excluding hydrogens is 90.1 g/mol. The molecule has 1 rings (SSSR count). The van der Waals surface area contributed by atoms with Gasteiger partial charge in [-0.1, -0.05) is 6.58 Å². The van der Waals surface area contributed by atoms with Crippen molar-refractivity contribution >= 4 is 5.87 Å². The molecule has 0 saturated heterocycles. The lowest BCUT2D eigenvalue weighted by Gasteiger charge is -2.08. The molecule has 0 N–H and O–H groups in total. The Kier molecular flexibility index (Phi) is 0.739. The Morgan fingerprint density at radius 3 is 2.71 bits per heavy atom. The van der Waals surface area contributed by atoms with Crippen molar-refractivity contribution in [1.82, 2.24) is 0 Å². The van der Waals surface area contributed by atoms with Gasteiger partial charge in [0.1, 0.15) is 0 Å². The maximum Gasteiger partial charge on any atom is 0.222 e. The van der Waals surface area contributed by atoms with Gasteiger partial charge in [-0.25, -0.2) is 0 Å². The Labute approximate surface area is 41.7 Å². The van der Waals surface area contributed by atoms with Crippen LogP contribution in [-0.4, -0.2) is 16.7 Å².